The molecule has 24 heavy (non-hydrogen) atoms. The number of benzene rings is 3. The minimum atomic E-state index is -1.03. The van der Waals surface area contributed by atoms with E-state index < -0.39 is 5.97 Å². The Hall–Kier alpha value is -3.47. The highest BCUT2D eigenvalue weighted by Crippen LogP contribution is 2.34. The maximum Gasteiger partial charge on any atom is 0.336 e. The van der Waals surface area contributed by atoms with Gasteiger partial charge in [0.1, 0.15) is 5.69 Å². The van der Waals surface area contributed by atoms with Crippen molar-refractivity contribution in [3.63, 3.8) is 0 Å². The van der Waals surface area contributed by atoms with Crippen molar-refractivity contribution >= 4 is 27.5 Å². The molecule has 0 spiro atoms. The summed E-state index contributed by atoms with van der Waals surface area (Å²) in [7, 11) is 0. The van der Waals surface area contributed by atoms with Crippen LogP contribution in [0, 0.1) is 0 Å². The smallest absolute Gasteiger partial charge is 0.336 e. The quantitative estimate of drug-likeness (QED) is 0.593. The molecule has 0 unspecified atom stereocenters. The molecule has 116 valence electrons. The maximum absolute atomic E-state index is 12.0. The number of hydrogen-bond donors (Lipinski definition) is 2. The van der Waals surface area contributed by atoms with Crippen molar-refractivity contribution < 1.29 is 9.90 Å². The Morgan fingerprint density at radius 3 is 2.29 bits per heavy atom. The van der Waals surface area contributed by atoms with Crippen LogP contribution in [0.3, 0.4) is 0 Å². The first kappa shape index (κ1) is 14.1. The molecule has 0 aliphatic carbocycles. The van der Waals surface area contributed by atoms with Gasteiger partial charge in [0.05, 0.1) is 10.9 Å². The van der Waals surface area contributed by atoms with E-state index in [-0.39, 0.29) is 11.1 Å². The van der Waals surface area contributed by atoms with Crippen LogP contribution in [-0.4, -0.2) is 21.3 Å². The zero-order valence-corrected chi connectivity index (χ0v) is 12.5. The van der Waals surface area contributed by atoms with Crippen LogP contribution in [0.4, 0.5) is 0 Å². The van der Waals surface area contributed by atoms with Crippen LogP contribution in [0.25, 0.3) is 32.8 Å². The molecule has 1 heterocycles. The van der Waals surface area contributed by atoms with E-state index in [1.165, 1.54) is 0 Å². The molecule has 0 bridgehead atoms. The van der Waals surface area contributed by atoms with E-state index >= 15 is 0 Å². The van der Waals surface area contributed by atoms with Crippen LogP contribution in [0.5, 0.6) is 0 Å². The monoisotopic (exact) mass is 316 g/mol. The van der Waals surface area contributed by atoms with Crippen LogP contribution in [0.1, 0.15) is 10.4 Å². The van der Waals surface area contributed by atoms with Crippen molar-refractivity contribution in [1.29, 1.82) is 0 Å². The average Bonchev–Trinajstić information content (AvgIpc) is 2.61. The van der Waals surface area contributed by atoms with Gasteiger partial charge < -0.3 is 5.11 Å². The molecule has 0 atom stereocenters. The van der Waals surface area contributed by atoms with E-state index in [0.29, 0.717) is 22.0 Å². The van der Waals surface area contributed by atoms with Gasteiger partial charge in [0, 0.05) is 10.9 Å². The van der Waals surface area contributed by atoms with E-state index in [9.17, 15) is 14.7 Å². The Morgan fingerprint density at radius 2 is 1.54 bits per heavy atom. The standard InChI is InChI=1S/C19H12N2O3/c22-18-14-8-4-3-7-13(14)17(20-21-18)16-12-6-2-1-5-11(12)9-10-15(16)19(23)24/h1-10H,(H,21,22)(H,23,24). The summed E-state index contributed by atoms with van der Waals surface area (Å²) in [6, 6.07) is 17.9. The summed E-state index contributed by atoms with van der Waals surface area (Å²) >= 11 is 0. The number of aromatic amines is 1. The Labute approximate surface area is 136 Å². The van der Waals surface area contributed by atoms with Gasteiger partial charge in [-0.3, -0.25) is 4.79 Å². The average molecular weight is 316 g/mol. The second-order valence-electron chi connectivity index (χ2n) is 5.46. The SMILES string of the molecule is O=C(O)c1ccc2ccccc2c1-c1n[nH]c(=O)c2ccccc12. The summed E-state index contributed by atoms with van der Waals surface area (Å²) in [4.78, 5) is 23.8. The van der Waals surface area contributed by atoms with Crippen molar-refractivity contribution in [2.75, 3.05) is 0 Å². The number of nitrogens with one attached hydrogen (secondary N) is 1. The highest BCUT2D eigenvalue weighted by atomic mass is 16.4. The van der Waals surface area contributed by atoms with Gasteiger partial charge in [0.15, 0.2) is 0 Å². The first-order valence-electron chi connectivity index (χ1n) is 7.39. The fourth-order valence-corrected chi connectivity index (χ4v) is 3.01. The van der Waals surface area contributed by atoms with Crippen molar-refractivity contribution in [3.05, 3.63) is 76.6 Å². The number of hydrogen-bond acceptors (Lipinski definition) is 3. The van der Waals surface area contributed by atoms with E-state index in [4.69, 9.17) is 0 Å². The number of carboxylic acids is 1. The van der Waals surface area contributed by atoms with Gasteiger partial charge in [-0.25, -0.2) is 9.89 Å². The largest absolute Gasteiger partial charge is 0.478 e. The summed E-state index contributed by atoms with van der Waals surface area (Å²) in [5.74, 6) is -1.03. The first-order chi connectivity index (χ1) is 11.7. The van der Waals surface area contributed by atoms with E-state index in [1.54, 1.807) is 36.4 Å². The number of nitrogens with zero attached hydrogens (tertiary/aromatic N) is 1. The molecular weight excluding hydrogens is 304 g/mol. The zero-order chi connectivity index (χ0) is 16.7. The lowest BCUT2D eigenvalue weighted by atomic mass is 9.94. The molecule has 5 heteroatoms. The third kappa shape index (κ3) is 2.06. The Bertz CT molecular complexity index is 1160. The van der Waals surface area contributed by atoms with E-state index in [0.717, 1.165) is 10.8 Å². The molecule has 4 aromatic rings. The van der Waals surface area contributed by atoms with Gasteiger partial charge in [-0.05, 0) is 22.9 Å². The van der Waals surface area contributed by atoms with Crippen molar-refractivity contribution in [2.24, 2.45) is 0 Å². The third-order valence-electron chi connectivity index (χ3n) is 4.09. The van der Waals surface area contributed by atoms with Crippen LogP contribution < -0.4 is 5.56 Å². The summed E-state index contributed by atoms with van der Waals surface area (Å²) in [5.41, 5.74) is 0.817. The van der Waals surface area contributed by atoms with E-state index in [1.807, 2.05) is 24.3 Å². The molecule has 5 nitrogen and oxygen atoms in total. The van der Waals surface area contributed by atoms with Crippen LogP contribution >= 0.6 is 0 Å². The highest BCUT2D eigenvalue weighted by Gasteiger charge is 2.19. The van der Waals surface area contributed by atoms with Crippen molar-refractivity contribution in [2.45, 2.75) is 0 Å². The number of aromatic carboxylic acids is 1. The minimum absolute atomic E-state index is 0.151. The predicted molar refractivity (Wildman–Crippen MR) is 92.3 cm³/mol. The van der Waals surface area contributed by atoms with Crippen molar-refractivity contribution in [1.82, 2.24) is 10.2 Å². The molecular formula is C19H12N2O3. The second-order valence-corrected chi connectivity index (χ2v) is 5.46. The molecule has 0 saturated carbocycles. The van der Waals surface area contributed by atoms with E-state index in [2.05, 4.69) is 10.2 Å². The Balaban J connectivity index is 2.22. The fraction of sp³-hybridized carbons (Fsp3) is 0. The normalized spacial score (nSPS) is 11.0. The van der Waals surface area contributed by atoms with Gasteiger partial charge in [0.25, 0.3) is 5.56 Å². The molecule has 2 N–H and O–H groups in total. The first-order valence-corrected chi connectivity index (χ1v) is 7.39. The maximum atomic E-state index is 12.0. The van der Waals surface area contributed by atoms with Crippen LogP contribution in [0.2, 0.25) is 0 Å². The van der Waals surface area contributed by atoms with Crippen LogP contribution in [0.15, 0.2) is 65.5 Å². The van der Waals surface area contributed by atoms with Crippen LogP contribution in [-0.2, 0) is 0 Å². The molecule has 1 aromatic heterocycles. The van der Waals surface area contributed by atoms with Gasteiger partial charge in [-0.1, -0.05) is 48.5 Å². The number of carbonyl (C=O) groups is 1. The molecule has 0 aliphatic heterocycles. The lowest BCUT2D eigenvalue weighted by Crippen LogP contribution is -2.10. The molecule has 3 aromatic carbocycles. The topological polar surface area (TPSA) is 83.0 Å². The molecule has 0 aliphatic rings. The van der Waals surface area contributed by atoms with Gasteiger partial charge in [0.2, 0.25) is 0 Å². The summed E-state index contributed by atoms with van der Waals surface area (Å²) in [6.45, 7) is 0. The molecule has 0 fully saturated rings. The second kappa shape index (κ2) is 5.31. The summed E-state index contributed by atoms with van der Waals surface area (Å²) in [6.07, 6.45) is 0. The number of fused-ring (bicyclic) bond motifs is 2. The Kier molecular flexibility index (Phi) is 3.13. The fourth-order valence-electron chi connectivity index (χ4n) is 3.01. The summed E-state index contributed by atoms with van der Waals surface area (Å²) in [5, 5.41) is 19.1. The van der Waals surface area contributed by atoms with Gasteiger partial charge in [-0.2, -0.15) is 5.10 Å². The third-order valence-corrected chi connectivity index (χ3v) is 4.09. The summed E-state index contributed by atoms with van der Waals surface area (Å²) < 4.78 is 0. The number of aromatic nitrogens is 2. The molecule has 0 saturated heterocycles. The van der Waals surface area contributed by atoms with Crippen molar-refractivity contribution in [3.8, 4) is 11.3 Å². The number of rotatable bonds is 2. The predicted octanol–water partition coefficient (Wildman–Crippen LogP) is 3.44. The molecule has 4 rings (SSSR count). The minimum Gasteiger partial charge on any atom is -0.478 e. The lowest BCUT2D eigenvalue weighted by molar-refractivity contribution is 0.0698. The number of carboxylic acid groups (broad SMARTS) is 1. The molecule has 0 radical (unpaired) electrons. The Morgan fingerprint density at radius 1 is 0.875 bits per heavy atom. The number of H-pyrrole nitrogens is 1. The highest BCUT2D eigenvalue weighted by molar-refractivity contribution is 6.11. The lowest BCUT2D eigenvalue weighted by Gasteiger charge is -2.11. The van der Waals surface area contributed by atoms with Gasteiger partial charge >= 0.3 is 5.97 Å². The molecule has 0 amide bonds. The van der Waals surface area contributed by atoms with Gasteiger partial charge in [-0.15, -0.1) is 0 Å². The zero-order valence-electron chi connectivity index (χ0n) is 12.5.